The van der Waals surface area contributed by atoms with E-state index in [2.05, 4.69) is 5.32 Å². The smallest absolute Gasteiger partial charge is 0.292 e. The monoisotopic (exact) mass is 304 g/mol. The number of anilines is 1. The minimum atomic E-state index is -0.466. The van der Waals surface area contributed by atoms with Gasteiger partial charge < -0.3 is 10.4 Å². The normalized spacial score (nSPS) is 10.5. The maximum absolute atomic E-state index is 13.0. The molecule has 2 aromatic rings. The Balaban J connectivity index is 2.09. The first kappa shape index (κ1) is 15.9. The van der Waals surface area contributed by atoms with Crippen LogP contribution in [0.4, 0.5) is 15.8 Å². The van der Waals surface area contributed by atoms with Gasteiger partial charge in [-0.25, -0.2) is 4.39 Å². The fourth-order valence-electron chi connectivity index (χ4n) is 2.25. The number of hydrogen-bond acceptors (Lipinski definition) is 4. The van der Waals surface area contributed by atoms with Gasteiger partial charge in [0.25, 0.3) is 5.69 Å². The van der Waals surface area contributed by atoms with E-state index in [1.807, 2.05) is 6.92 Å². The average Bonchev–Trinajstić information content (AvgIpc) is 2.49. The fraction of sp³-hybridized carbons (Fsp3) is 0.250. The number of aliphatic hydroxyl groups excluding tert-OH is 1. The van der Waals surface area contributed by atoms with Crippen molar-refractivity contribution in [3.8, 4) is 0 Å². The highest BCUT2D eigenvalue weighted by Gasteiger charge is 2.13. The largest absolute Gasteiger partial charge is 0.392 e. The number of halogens is 1. The molecular weight excluding hydrogens is 287 g/mol. The Morgan fingerprint density at radius 3 is 2.68 bits per heavy atom. The predicted octanol–water partition coefficient (Wildman–Crippen LogP) is 3.19. The van der Waals surface area contributed by atoms with Crippen molar-refractivity contribution in [3.63, 3.8) is 0 Å². The van der Waals surface area contributed by atoms with E-state index < -0.39 is 4.92 Å². The summed E-state index contributed by atoms with van der Waals surface area (Å²) in [7, 11) is 0. The van der Waals surface area contributed by atoms with Crippen molar-refractivity contribution in [1.82, 2.24) is 0 Å². The Kier molecular flexibility index (Phi) is 5.06. The lowest BCUT2D eigenvalue weighted by molar-refractivity contribution is -0.384. The van der Waals surface area contributed by atoms with Gasteiger partial charge in [0.05, 0.1) is 11.5 Å². The van der Waals surface area contributed by atoms with E-state index in [1.165, 1.54) is 24.3 Å². The van der Waals surface area contributed by atoms with Gasteiger partial charge in [0.1, 0.15) is 11.5 Å². The third kappa shape index (κ3) is 3.79. The second-order valence-electron chi connectivity index (χ2n) is 5.01. The summed E-state index contributed by atoms with van der Waals surface area (Å²) in [6.07, 6.45) is 0.618. The molecule has 0 aliphatic heterocycles. The van der Waals surface area contributed by atoms with Crippen molar-refractivity contribution >= 4 is 11.4 Å². The van der Waals surface area contributed by atoms with Crippen LogP contribution in [0.25, 0.3) is 0 Å². The number of nitrogens with one attached hydrogen (secondary N) is 1. The van der Waals surface area contributed by atoms with Gasteiger partial charge in [-0.2, -0.15) is 0 Å². The van der Waals surface area contributed by atoms with Crippen molar-refractivity contribution in [3.05, 3.63) is 69.0 Å². The third-order valence-corrected chi connectivity index (χ3v) is 3.45. The van der Waals surface area contributed by atoms with E-state index in [-0.39, 0.29) is 18.1 Å². The zero-order valence-electron chi connectivity index (χ0n) is 12.2. The van der Waals surface area contributed by atoms with Crippen LogP contribution in [-0.2, 0) is 13.0 Å². The summed E-state index contributed by atoms with van der Waals surface area (Å²) in [5.74, 6) is -0.277. The summed E-state index contributed by atoms with van der Waals surface area (Å²) < 4.78 is 13.0. The van der Waals surface area contributed by atoms with Crippen LogP contribution in [0.2, 0.25) is 0 Å². The first-order valence-electron chi connectivity index (χ1n) is 6.88. The molecular formula is C16H17FN2O3. The van der Waals surface area contributed by atoms with Crippen LogP contribution < -0.4 is 5.32 Å². The molecule has 116 valence electrons. The molecule has 0 fully saturated rings. The molecule has 2 aromatic carbocycles. The van der Waals surface area contributed by atoms with Crippen LogP contribution >= 0.6 is 0 Å². The topological polar surface area (TPSA) is 75.4 Å². The molecule has 0 aliphatic rings. The van der Waals surface area contributed by atoms with Crippen LogP contribution in [0, 0.1) is 22.9 Å². The summed E-state index contributed by atoms with van der Waals surface area (Å²) in [4.78, 5) is 10.5. The molecule has 0 spiro atoms. The lowest BCUT2D eigenvalue weighted by Crippen LogP contribution is -2.08. The lowest BCUT2D eigenvalue weighted by Gasteiger charge is -2.10. The molecule has 0 bridgehead atoms. The Bertz CT molecular complexity index is 689. The Morgan fingerprint density at radius 2 is 2.05 bits per heavy atom. The zero-order chi connectivity index (χ0) is 16.1. The van der Waals surface area contributed by atoms with Gasteiger partial charge in [-0.05, 0) is 54.3 Å². The molecule has 0 saturated heterocycles. The molecule has 0 aliphatic carbocycles. The Labute approximate surface area is 127 Å². The second-order valence-corrected chi connectivity index (χ2v) is 5.01. The van der Waals surface area contributed by atoms with Gasteiger partial charge in [0.2, 0.25) is 0 Å². The van der Waals surface area contributed by atoms with Crippen molar-refractivity contribution < 1.29 is 14.4 Å². The molecule has 0 unspecified atom stereocenters. The number of aryl methyl sites for hydroxylation is 1. The van der Waals surface area contributed by atoms with Crippen LogP contribution in [-0.4, -0.2) is 16.6 Å². The molecule has 0 heterocycles. The highest BCUT2D eigenvalue weighted by atomic mass is 19.1. The molecule has 2 N–H and O–H groups in total. The first-order valence-corrected chi connectivity index (χ1v) is 6.88. The van der Waals surface area contributed by atoms with Crippen LogP contribution in [0.3, 0.4) is 0 Å². The van der Waals surface area contributed by atoms with Crippen molar-refractivity contribution in [1.29, 1.82) is 0 Å². The van der Waals surface area contributed by atoms with Gasteiger partial charge in [-0.15, -0.1) is 0 Å². The molecule has 22 heavy (non-hydrogen) atoms. The molecule has 6 heteroatoms. The van der Waals surface area contributed by atoms with E-state index in [1.54, 1.807) is 12.1 Å². The van der Waals surface area contributed by atoms with Crippen molar-refractivity contribution in [2.24, 2.45) is 0 Å². The van der Waals surface area contributed by atoms with Gasteiger partial charge in [0, 0.05) is 12.6 Å². The minimum Gasteiger partial charge on any atom is -0.392 e. The van der Waals surface area contributed by atoms with Crippen LogP contribution in [0.5, 0.6) is 0 Å². The van der Waals surface area contributed by atoms with Gasteiger partial charge in [-0.1, -0.05) is 6.07 Å². The summed E-state index contributed by atoms with van der Waals surface area (Å²) >= 11 is 0. The number of nitro benzene ring substituents is 1. The number of aliphatic hydroxyl groups is 1. The van der Waals surface area contributed by atoms with E-state index in [0.717, 1.165) is 11.1 Å². The fourth-order valence-corrected chi connectivity index (χ4v) is 2.25. The van der Waals surface area contributed by atoms with Gasteiger partial charge in [0.15, 0.2) is 0 Å². The van der Waals surface area contributed by atoms with Crippen LogP contribution in [0.1, 0.15) is 16.7 Å². The molecule has 2 rings (SSSR count). The number of benzene rings is 2. The Morgan fingerprint density at radius 1 is 1.27 bits per heavy atom. The number of nitro groups is 1. The SMILES string of the molecule is Cc1cc(F)ccc1CCNc1cc(CO)ccc1[N+](=O)[O-]. The summed E-state index contributed by atoms with van der Waals surface area (Å²) in [5, 5.41) is 23.1. The Hall–Kier alpha value is -2.47. The summed E-state index contributed by atoms with van der Waals surface area (Å²) in [6.45, 7) is 2.12. The molecule has 0 amide bonds. The standard InChI is InChI=1S/C16H17FN2O3/c1-11-8-14(17)4-3-13(11)6-7-18-15-9-12(10-20)2-5-16(15)19(21)22/h2-5,8-9,18,20H,6-7,10H2,1H3. The third-order valence-electron chi connectivity index (χ3n) is 3.45. The van der Waals surface area contributed by atoms with E-state index in [0.29, 0.717) is 24.2 Å². The zero-order valence-corrected chi connectivity index (χ0v) is 12.2. The van der Waals surface area contributed by atoms with Gasteiger partial charge >= 0.3 is 0 Å². The quantitative estimate of drug-likeness (QED) is 0.635. The number of hydrogen-bond donors (Lipinski definition) is 2. The maximum Gasteiger partial charge on any atom is 0.292 e. The second kappa shape index (κ2) is 7.00. The molecule has 0 aromatic heterocycles. The average molecular weight is 304 g/mol. The van der Waals surface area contributed by atoms with E-state index in [4.69, 9.17) is 5.11 Å². The first-order chi connectivity index (χ1) is 10.5. The number of rotatable bonds is 6. The predicted molar refractivity (Wildman–Crippen MR) is 82.3 cm³/mol. The highest BCUT2D eigenvalue weighted by Crippen LogP contribution is 2.25. The summed E-state index contributed by atoms with van der Waals surface area (Å²) in [5.41, 5.74) is 2.77. The maximum atomic E-state index is 13.0. The van der Waals surface area contributed by atoms with Crippen molar-refractivity contribution in [2.45, 2.75) is 20.0 Å². The van der Waals surface area contributed by atoms with Gasteiger partial charge in [-0.3, -0.25) is 10.1 Å². The lowest BCUT2D eigenvalue weighted by atomic mass is 10.1. The molecule has 0 radical (unpaired) electrons. The minimum absolute atomic E-state index is 0.0342. The van der Waals surface area contributed by atoms with E-state index >= 15 is 0 Å². The molecule has 0 saturated carbocycles. The molecule has 5 nitrogen and oxygen atoms in total. The molecule has 0 atom stereocenters. The number of nitrogens with zero attached hydrogens (tertiary/aromatic N) is 1. The van der Waals surface area contributed by atoms with E-state index in [9.17, 15) is 14.5 Å². The van der Waals surface area contributed by atoms with Crippen molar-refractivity contribution in [2.75, 3.05) is 11.9 Å². The highest BCUT2D eigenvalue weighted by molar-refractivity contribution is 5.62. The summed E-state index contributed by atoms with van der Waals surface area (Å²) in [6, 6.07) is 9.03. The van der Waals surface area contributed by atoms with Crippen LogP contribution in [0.15, 0.2) is 36.4 Å².